The van der Waals surface area contributed by atoms with Crippen LogP contribution in [0.1, 0.15) is 56.0 Å². The molecule has 4 rings (SSSR count). The molecule has 0 bridgehead atoms. The number of amides is 1. The van der Waals surface area contributed by atoms with E-state index in [1.165, 1.54) is 16.5 Å². The Morgan fingerprint density at radius 3 is 2.66 bits per heavy atom. The Labute approximate surface area is 170 Å². The molecule has 1 aliphatic carbocycles. The Bertz CT molecular complexity index is 1100. The van der Waals surface area contributed by atoms with E-state index < -0.39 is 6.04 Å². The molecule has 0 fully saturated rings. The van der Waals surface area contributed by atoms with Gasteiger partial charge in [0, 0.05) is 11.4 Å². The van der Waals surface area contributed by atoms with Crippen molar-refractivity contribution in [3.63, 3.8) is 0 Å². The Balaban J connectivity index is 1.66. The van der Waals surface area contributed by atoms with Crippen LogP contribution in [0.25, 0.3) is 11.0 Å². The summed E-state index contributed by atoms with van der Waals surface area (Å²) in [4.78, 5) is 35.1. The fourth-order valence-corrected chi connectivity index (χ4v) is 3.97. The van der Waals surface area contributed by atoms with E-state index in [1.54, 1.807) is 0 Å². The van der Waals surface area contributed by atoms with E-state index in [4.69, 9.17) is 0 Å². The molecule has 150 valence electrons. The van der Waals surface area contributed by atoms with Gasteiger partial charge in [-0.1, -0.05) is 26.0 Å². The lowest BCUT2D eigenvalue weighted by atomic mass is 9.95. The molecule has 0 saturated carbocycles. The first kappa shape index (κ1) is 19.3. The van der Waals surface area contributed by atoms with Crippen molar-refractivity contribution in [3.8, 4) is 0 Å². The molecule has 6 nitrogen and oxygen atoms in total. The Morgan fingerprint density at radius 1 is 1.17 bits per heavy atom. The normalized spacial score (nSPS) is 14.4. The van der Waals surface area contributed by atoms with E-state index in [0.29, 0.717) is 17.5 Å². The molecule has 29 heavy (non-hydrogen) atoms. The number of carbonyl (C=O) groups excluding carboxylic acids is 1. The number of pyridine rings is 1. The second-order valence-electron chi connectivity index (χ2n) is 7.59. The maximum atomic E-state index is 13.2. The number of benzene rings is 1. The summed E-state index contributed by atoms with van der Waals surface area (Å²) in [5, 5.41) is 3.42. The molecule has 1 N–H and O–H groups in total. The van der Waals surface area contributed by atoms with Gasteiger partial charge in [0.25, 0.3) is 5.56 Å². The highest BCUT2D eigenvalue weighted by atomic mass is 16.2. The zero-order chi connectivity index (χ0) is 20.4. The predicted molar refractivity (Wildman–Crippen MR) is 114 cm³/mol. The number of aryl methyl sites for hydroxylation is 3. The predicted octanol–water partition coefficient (Wildman–Crippen LogP) is 3.82. The molecule has 0 saturated heterocycles. The first-order valence-electron chi connectivity index (χ1n) is 10.4. The summed E-state index contributed by atoms with van der Waals surface area (Å²) >= 11 is 0. The number of nitrogens with one attached hydrogen (secondary N) is 1. The zero-order valence-electron chi connectivity index (χ0n) is 16.9. The van der Waals surface area contributed by atoms with Crippen LogP contribution >= 0.6 is 0 Å². The minimum Gasteiger partial charge on any atom is -0.324 e. The monoisotopic (exact) mass is 390 g/mol. The second-order valence-corrected chi connectivity index (χ2v) is 7.59. The van der Waals surface area contributed by atoms with Crippen molar-refractivity contribution < 1.29 is 4.79 Å². The van der Waals surface area contributed by atoms with Crippen LogP contribution < -0.4 is 10.9 Å². The van der Waals surface area contributed by atoms with Crippen molar-refractivity contribution >= 4 is 22.6 Å². The summed E-state index contributed by atoms with van der Waals surface area (Å²) in [6.07, 6.45) is 7.02. The average Bonchev–Trinajstić information content (AvgIpc) is 2.75. The van der Waals surface area contributed by atoms with Crippen molar-refractivity contribution in [3.05, 3.63) is 63.8 Å². The highest BCUT2D eigenvalue weighted by Gasteiger charge is 2.22. The molecule has 2 heterocycles. The number of anilines is 1. The van der Waals surface area contributed by atoms with E-state index in [2.05, 4.69) is 22.2 Å². The second kappa shape index (κ2) is 8.15. The van der Waals surface area contributed by atoms with Gasteiger partial charge in [-0.15, -0.1) is 0 Å². The van der Waals surface area contributed by atoms with Gasteiger partial charge in [0.1, 0.15) is 12.4 Å². The van der Waals surface area contributed by atoms with Crippen LogP contribution in [0.2, 0.25) is 0 Å². The average molecular weight is 390 g/mol. The Hall–Kier alpha value is -3.02. The molecule has 2 aromatic heterocycles. The van der Waals surface area contributed by atoms with Crippen LogP contribution in [0.15, 0.2) is 41.5 Å². The maximum absolute atomic E-state index is 13.2. The maximum Gasteiger partial charge on any atom is 0.263 e. The van der Waals surface area contributed by atoms with E-state index in [0.717, 1.165) is 49.0 Å². The van der Waals surface area contributed by atoms with Crippen molar-refractivity contribution in [1.29, 1.82) is 0 Å². The number of carbonyl (C=O) groups is 1. The van der Waals surface area contributed by atoms with Crippen LogP contribution in [0, 0.1) is 0 Å². The molecule has 3 aromatic rings. The highest BCUT2D eigenvalue weighted by Crippen LogP contribution is 2.22. The summed E-state index contributed by atoms with van der Waals surface area (Å²) in [6, 6.07) is 9.07. The van der Waals surface area contributed by atoms with Crippen LogP contribution in [0.3, 0.4) is 0 Å². The zero-order valence-corrected chi connectivity index (χ0v) is 16.9. The quantitative estimate of drug-likeness (QED) is 0.718. The fourth-order valence-electron chi connectivity index (χ4n) is 3.97. The van der Waals surface area contributed by atoms with Crippen LogP contribution in [0.5, 0.6) is 0 Å². The highest BCUT2D eigenvalue weighted by molar-refractivity contribution is 5.93. The number of fused-ring (bicyclic) bond motifs is 2. The van der Waals surface area contributed by atoms with Crippen LogP contribution in [-0.4, -0.2) is 20.4 Å². The number of aromatic nitrogens is 3. The number of hydrogen-bond acceptors (Lipinski definition) is 4. The Morgan fingerprint density at radius 2 is 1.93 bits per heavy atom. The third-order valence-corrected chi connectivity index (χ3v) is 5.70. The smallest absolute Gasteiger partial charge is 0.263 e. The SMILES string of the molecule is CCc1ccc(NC(=O)[C@H](CC)n2cnc3nc4c(cc3c2=O)CCCC4)cc1. The lowest BCUT2D eigenvalue weighted by Crippen LogP contribution is -2.33. The lowest BCUT2D eigenvalue weighted by molar-refractivity contribution is -0.119. The topological polar surface area (TPSA) is 76.9 Å². The van der Waals surface area contributed by atoms with E-state index in [-0.39, 0.29) is 11.5 Å². The number of hydrogen-bond donors (Lipinski definition) is 1. The first-order chi connectivity index (χ1) is 14.1. The van der Waals surface area contributed by atoms with Gasteiger partial charge in [-0.3, -0.25) is 14.2 Å². The van der Waals surface area contributed by atoms with Crippen LogP contribution in [-0.2, 0) is 24.1 Å². The standard InChI is InChI=1S/C23H26N4O2/c1-3-15-9-11-17(12-10-15)25-22(28)20(4-2)27-14-24-21-18(23(27)29)13-16-7-5-6-8-19(16)26-21/h9-14,20H,3-8H2,1-2H3,(H,25,28)/t20-/m0/s1. The van der Waals surface area contributed by atoms with Crippen molar-refractivity contribution in [1.82, 2.24) is 14.5 Å². The summed E-state index contributed by atoms with van der Waals surface area (Å²) in [5.74, 6) is -0.217. The van der Waals surface area contributed by atoms with Gasteiger partial charge in [-0.2, -0.15) is 0 Å². The molecule has 1 aliphatic rings. The molecule has 0 radical (unpaired) electrons. The first-order valence-corrected chi connectivity index (χ1v) is 10.4. The van der Waals surface area contributed by atoms with Crippen LogP contribution in [0.4, 0.5) is 5.69 Å². The van der Waals surface area contributed by atoms with E-state index in [9.17, 15) is 9.59 Å². The summed E-state index contributed by atoms with van der Waals surface area (Å²) in [7, 11) is 0. The fraction of sp³-hybridized carbons (Fsp3) is 0.391. The molecule has 1 aromatic carbocycles. The van der Waals surface area contributed by atoms with E-state index >= 15 is 0 Å². The summed E-state index contributed by atoms with van der Waals surface area (Å²) in [6.45, 7) is 3.98. The molecular weight excluding hydrogens is 364 g/mol. The minimum absolute atomic E-state index is 0.209. The van der Waals surface area contributed by atoms with Crippen molar-refractivity contribution in [2.24, 2.45) is 0 Å². The third-order valence-electron chi connectivity index (χ3n) is 5.70. The molecular formula is C23H26N4O2. The summed E-state index contributed by atoms with van der Waals surface area (Å²) < 4.78 is 1.44. The number of rotatable bonds is 5. The molecule has 1 amide bonds. The largest absolute Gasteiger partial charge is 0.324 e. The van der Waals surface area contributed by atoms with E-state index in [1.807, 2.05) is 37.3 Å². The molecule has 0 unspecified atom stereocenters. The van der Waals surface area contributed by atoms with Gasteiger partial charge in [-0.25, -0.2) is 9.97 Å². The van der Waals surface area contributed by atoms with Crippen molar-refractivity contribution in [2.75, 3.05) is 5.32 Å². The van der Waals surface area contributed by atoms with Crippen molar-refractivity contribution in [2.45, 2.75) is 58.4 Å². The minimum atomic E-state index is -0.624. The van der Waals surface area contributed by atoms with Gasteiger partial charge < -0.3 is 5.32 Å². The van der Waals surface area contributed by atoms with Gasteiger partial charge in [0.15, 0.2) is 5.65 Å². The van der Waals surface area contributed by atoms with Gasteiger partial charge >= 0.3 is 0 Å². The van der Waals surface area contributed by atoms with Gasteiger partial charge in [0.2, 0.25) is 5.91 Å². The number of nitrogens with zero attached hydrogens (tertiary/aromatic N) is 3. The Kier molecular flexibility index (Phi) is 5.43. The molecule has 0 aliphatic heterocycles. The lowest BCUT2D eigenvalue weighted by Gasteiger charge is -2.19. The third kappa shape index (κ3) is 3.79. The molecule has 6 heteroatoms. The summed E-state index contributed by atoms with van der Waals surface area (Å²) in [5.41, 5.74) is 4.38. The molecule has 1 atom stereocenters. The van der Waals surface area contributed by atoms with Gasteiger partial charge in [-0.05, 0) is 67.9 Å². The molecule has 0 spiro atoms. The van der Waals surface area contributed by atoms with Gasteiger partial charge in [0.05, 0.1) is 5.39 Å².